The standard InChI is InChI=1S/C22H22N4O4/c27-21-23(11-17-13-29-17)19(15-7-3-1-4-8-15)25-22(28)24(12-18-14-30-18)20(26(21)25)16-9-5-2-6-10-16/h1-10,17-20H,11-14H2/t17-,18-,19+,20+/m1/s1. The summed E-state index contributed by atoms with van der Waals surface area (Å²) in [6.07, 6.45) is -0.927. The number of hydrazine groups is 1. The molecule has 6 rings (SSSR count). The van der Waals surface area contributed by atoms with E-state index >= 15 is 0 Å². The fraction of sp³-hybridized carbons (Fsp3) is 0.364. The number of amides is 4. The Morgan fingerprint density at radius 2 is 1.03 bits per heavy atom. The second kappa shape index (κ2) is 6.72. The molecule has 4 atom stereocenters. The van der Waals surface area contributed by atoms with Crippen molar-refractivity contribution in [2.45, 2.75) is 24.5 Å². The molecule has 30 heavy (non-hydrogen) atoms. The van der Waals surface area contributed by atoms with Gasteiger partial charge in [0.25, 0.3) is 0 Å². The Kier molecular flexibility index (Phi) is 3.97. The van der Waals surface area contributed by atoms with Crippen molar-refractivity contribution in [1.29, 1.82) is 0 Å². The molecular weight excluding hydrogens is 384 g/mol. The van der Waals surface area contributed by atoms with E-state index in [1.165, 1.54) is 0 Å². The van der Waals surface area contributed by atoms with Gasteiger partial charge in [0.1, 0.15) is 0 Å². The van der Waals surface area contributed by atoms with E-state index in [0.29, 0.717) is 26.3 Å². The van der Waals surface area contributed by atoms with Gasteiger partial charge in [-0.3, -0.25) is 9.80 Å². The second-order valence-corrected chi connectivity index (χ2v) is 8.04. The number of urea groups is 2. The van der Waals surface area contributed by atoms with Crippen molar-refractivity contribution < 1.29 is 19.1 Å². The van der Waals surface area contributed by atoms with Gasteiger partial charge in [0.05, 0.1) is 38.5 Å². The van der Waals surface area contributed by atoms with Crippen LogP contribution in [0.2, 0.25) is 0 Å². The summed E-state index contributed by atoms with van der Waals surface area (Å²) in [7, 11) is 0. The maximum atomic E-state index is 13.7. The largest absolute Gasteiger partial charge is 0.371 e. The van der Waals surface area contributed by atoms with Crippen molar-refractivity contribution in [1.82, 2.24) is 19.8 Å². The van der Waals surface area contributed by atoms with Gasteiger partial charge in [-0.15, -0.1) is 0 Å². The molecule has 0 spiro atoms. The van der Waals surface area contributed by atoms with Gasteiger partial charge >= 0.3 is 12.1 Å². The fourth-order valence-electron chi connectivity index (χ4n) is 4.40. The van der Waals surface area contributed by atoms with Crippen LogP contribution in [0.1, 0.15) is 23.5 Å². The lowest BCUT2D eigenvalue weighted by atomic mass is 10.1. The Balaban J connectivity index is 1.44. The van der Waals surface area contributed by atoms with Crippen LogP contribution < -0.4 is 0 Å². The summed E-state index contributed by atoms with van der Waals surface area (Å²) in [6, 6.07) is 19.1. The Bertz CT molecular complexity index is 884. The number of nitrogens with zero attached hydrogens (tertiary/aromatic N) is 4. The summed E-state index contributed by atoms with van der Waals surface area (Å²) in [5, 5.41) is 3.22. The van der Waals surface area contributed by atoms with E-state index in [4.69, 9.17) is 9.47 Å². The minimum atomic E-state index is -0.494. The molecule has 0 bridgehead atoms. The maximum absolute atomic E-state index is 13.7. The molecule has 0 radical (unpaired) electrons. The smallest absolute Gasteiger partial charge is 0.343 e. The minimum absolute atomic E-state index is 0.0302. The SMILES string of the molecule is O=C1N(C[C@@H]2CO2)[C@H](c2ccccc2)N2C(=O)N(C[C@@H]3CO3)[C@H](c3ccccc3)N12. The van der Waals surface area contributed by atoms with Gasteiger partial charge in [-0.05, 0) is 11.1 Å². The number of carbonyl (C=O) groups is 2. The number of ether oxygens (including phenoxy) is 2. The quantitative estimate of drug-likeness (QED) is 0.692. The van der Waals surface area contributed by atoms with E-state index in [-0.39, 0.29) is 24.3 Å². The number of epoxide rings is 2. The molecule has 0 aromatic heterocycles. The van der Waals surface area contributed by atoms with Crippen LogP contribution in [0.15, 0.2) is 60.7 Å². The summed E-state index contributed by atoms with van der Waals surface area (Å²) in [5.41, 5.74) is 1.80. The molecule has 0 saturated carbocycles. The zero-order chi connectivity index (χ0) is 20.2. The van der Waals surface area contributed by atoms with Crippen molar-refractivity contribution in [2.75, 3.05) is 26.3 Å². The van der Waals surface area contributed by atoms with E-state index in [1.807, 2.05) is 60.7 Å². The highest BCUT2D eigenvalue weighted by molar-refractivity contribution is 5.88. The number of carbonyl (C=O) groups excluding carboxylic acids is 2. The minimum Gasteiger partial charge on any atom is -0.371 e. The lowest BCUT2D eigenvalue weighted by Gasteiger charge is -2.29. The molecule has 0 N–H and O–H groups in total. The van der Waals surface area contributed by atoms with Gasteiger partial charge in [-0.2, -0.15) is 0 Å². The lowest BCUT2D eigenvalue weighted by Crippen LogP contribution is -2.42. The van der Waals surface area contributed by atoms with Crippen LogP contribution in [0.25, 0.3) is 0 Å². The molecule has 0 aliphatic carbocycles. The number of benzene rings is 2. The molecule has 2 aromatic carbocycles. The molecule has 8 nitrogen and oxygen atoms in total. The average Bonchev–Trinajstić information content (AvgIpc) is 3.70. The third kappa shape index (κ3) is 2.83. The molecule has 0 unspecified atom stereocenters. The number of rotatable bonds is 6. The first-order valence-corrected chi connectivity index (χ1v) is 10.2. The molecule has 4 fully saturated rings. The van der Waals surface area contributed by atoms with Crippen LogP contribution in [0.5, 0.6) is 0 Å². The normalized spacial score (nSPS) is 29.6. The molecule has 4 aliphatic rings. The lowest BCUT2D eigenvalue weighted by molar-refractivity contribution is 0.0504. The van der Waals surface area contributed by atoms with Crippen LogP contribution in [0, 0.1) is 0 Å². The molecule has 4 saturated heterocycles. The molecule has 2 aromatic rings. The van der Waals surface area contributed by atoms with Gasteiger partial charge in [0, 0.05) is 0 Å². The summed E-state index contributed by atoms with van der Waals surface area (Å²) in [5.74, 6) is 0. The summed E-state index contributed by atoms with van der Waals surface area (Å²) in [4.78, 5) is 30.8. The van der Waals surface area contributed by atoms with E-state index in [1.54, 1.807) is 19.8 Å². The van der Waals surface area contributed by atoms with Gasteiger partial charge in [0.2, 0.25) is 0 Å². The molecule has 154 valence electrons. The predicted octanol–water partition coefficient (Wildman–Crippen LogP) is 2.57. The summed E-state index contributed by atoms with van der Waals surface area (Å²) >= 11 is 0. The monoisotopic (exact) mass is 406 g/mol. The number of hydrogen-bond donors (Lipinski definition) is 0. The van der Waals surface area contributed by atoms with Crippen molar-refractivity contribution >= 4 is 12.1 Å². The Labute approximate surface area is 174 Å². The van der Waals surface area contributed by atoms with Gasteiger partial charge in [-0.25, -0.2) is 19.6 Å². The third-order valence-electron chi connectivity index (χ3n) is 5.97. The van der Waals surface area contributed by atoms with Crippen LogP contribution in [-0.2, 0) is 9.47 Å². The Morgan fingerprint density at radius 1 is 0.667 bits per heavy atom. The topological polar surface area (TPSA) is 72.2 Å². The highest BCUT2D eigenvalue weighted by atomic mass is 16.6. The first-order valence-electron chi connectivity index (χ1n) is 10.2. The number of hydrogen-bond acceptors (Lipinski definition) is 4. The Hall–Kier alpha value is -3.10. The van der Waals surface area contributed by atoms with Crippen molar-refractivity contribution in [3.63, 3.8) is 0 Å². The van der Waals surface area contributed by atoms with Gasteiger partial charge in [-0.1, -0.05) is 60.7 Å². The van der Waals surface area contributed by atoms with Crippen LogP contribution in [-0.4, -0.2) is 70.4 Å². The van der Waals surface area contributed by atoms with E-state index in [0.717, 1.165) is 11.1 Å². The molecular formula is C22H22N4O4. The molecule has 4 heterocycles. The average molecular weight is 406 g/mol. The van der Waals surface area contributed by atoms with Crippen LogP contribution in [0.3, 0.4) is 0 Å². The third-order valence-corrected chi connectivity index (χ3v) is 5.97. The fourth-order valence-corrected chi connectivity index (χ4v) is 4.40. The van der Waals surface area contributed by atoms with E-state index < -0.39 is 12.3 Å². The van der Waals surface area contributed by atoms with Gasteiger partial charge < -0.3 is 9.47 Å². The van der Waals surface area contributed by atoms with Crippen molar-refractivity contribution in [2.24, 2.45) is 0 Å². The predicted molar refractivity (Wildman–Crippen MR) is 106 cm³/mol. The van der Waals surface area contributed by atoms with Crippen molar-refractivity contribution in [3.8, 4) is 0 Å². The summed E-state index contributed by atoms with van der Waals surface area (Å²) < 4.78 is 10.8. The van der Waals surface area contributed by atoms with Crippen molar-refractivity contribution in [3.05, 3.63) is 71.8 Å². The van der Waals surface area contributed by atoms with E-state index in [2.05, 4.69) is 0 Å². The second-order valence-electron chi connectivity index (χ2n) is 8.04. The van der Waals surface area contributed by atoms with Gasteiger partial charge in [0.15, 0.2) is 12.3 Å². The van der Waals surface area contributed by atoms with E-state index in [9.17, 15) is 9.59 Å². The molecule has 8 heteroatoms. The molecule has 4 amide bonds. The zero-order valence-corrected chi connectivity index (χ0v) is 16.3. The van der Waals surface area contributed by atoms with Crippen LogP contribution >= 0.6 is 0 Å². The molecule has 4 aliphatic heterocycles. The number of fused-ring (bicyclic) bond motifs is 1. The maximum Gasteiger partial charge on any atom is 0.343 e. The highest BCUT2D eigenvalue weighted by Crippen LogP contribution is 2.46. The Morgan fingerprint density at radius 3 is 1.37 bits per heavy atom. The van der Waals surface area contributed by atoms with Crippen LogP contribution in [0.4, 0.5) is 9.59 Å². The zero-order valence-electron chi connectivity index (χ0n) is 16.3. The first-order chi connectivity index (χ1) is 14.7. The summed E-state index contributed by atoms with van der Waals surface area (Å²) in [6.45, 7) is 2.22. The first kappa shape index (κ1) is 17.7. The highest BCUT2D eigenvalue weighted by Gasteiger charge is 2.59.